The van der Waals surface area contributed by atoms with Gasteiger partial charge in [-0.15, -0.1) is 0 Å². The summed E-state index contributed by atoms with van der Waals surface area (Å²) in [5.74, 6) is -1.89. The summed E-state index contributed by atoms with van der Waals surface area (Å²) in [5, 5.41) is 4.22. The summed E-state index contributed by atoms with van der Waals surface area (Å²) < 4.78 is 43.5. The maximum absolute atomic E-state index is 12.6. The predicted molar refractivity (Wildman–Crippen MR) is 80.4 cm³/mol. The minimum absolute atomic E-state index is 0.102. The van der Waals surface area contributed by atoms with E-state index < -0.39 is 12.1 Å². The molecule has 0 aliphatic rings. The Balaban J connectivity index is 2.12. The number of aromatic nitrogens is 3. The highest BCUT2D eigenvalue weighted by atomic mass is 19.4. The van der Waals surface area contributed by atoms with Crippen LogP contribution >= 0.6 is 0 Å². The maximum Gasteiger partial charge on any atom is 0.471 e. The number of benzene rings is 1. The zero-order valence-corrected chi connectivity index (χ0v) is 13.2. The van der Waals surface area contributed by atoms with E-state index in [9.17, 15) is 18.0 Å². The fourth-order valence-electron chi connectivity index (χ4n) is 2.45. The maximum atomic E-state index is 12.6. The highest BCUT2D eigenvalue weighted by Gasteiger charge is 2.38. The molecule has 0 N–H and O–H groups in total. The molecule has 0 aliphatic carbocycles. The first-order valence-electron chi connectivity index (χ1n) is 7.25. The number of fused-ring (bicyclic) bond motifs is 1. The Morgan fingerprint density at radius 2 is 2.00 bits per heavy atom. The van der Waals surface area contributed by atoms with Gasteiger partial charge in [-0.2, -0.15) is 18.2 Å². The van der Waals surface area contributed by atoms with Crippen LogP contribution in [0.1, 0.15) is 30.1 Å². The van der Waals surface area contributed by atoms with Crippen LogP contribution in [-0.4, -0.2) is 20.6 Å². The van der Waals surface area contributed by atoms with E-state index in [0.717, 1.165) is 10.9 Å². The summed E-state index contributed by atoms with van der Waals surface area (Å²) in [6.45, 7) is 5.42. The summed E-state index contributed by atoms with van der Waals surface area (Å²) in [7, 11) is 0. The molecule has 126 valence electrons. The molecule has 3 rings (SSSR count). The molecule has 24 heavy (non-hydrogen) atoms. The smallest absolute Gasteiger partial charge is 0.329 e. The first-order valence-corrected chi connectivity index (χ1v) is 7.25. The molecule has 0 saturated heterocycles. The van der Waals surface area contributed by atoms with Crippen molar-refractivity contribution >= 4 is 16.8 Å². The van der Waals surface area contributed by atoms with Crippen LogP contribution < -0.4 is 0 Å². The van der Waals surface area contributed by atoms with Crippen molar-refractivity contribution in [2.75, 3.05) is 0 Å². The van der Waals surface area contributed by atoms with Crippen molar-refractivity contribution in [3.63, 3.8) is 0 Å². The average molecular weight is 337 g/mol. The summed E-state index contributed by atoms with van der Waals surface area (Å²) in [4.78, 5) is 15.7. The first-order chi connectivity index (χ1) is 11.2. The van der Waals surface area contributed by atoms with Gasteiger partial charge in [-0.3, -0.25) is 9.36 Å². The van der Waals surface area contributed by atoms with Gasteiger partial charge in [0.1, 0.15) is 0 Å². The molecule has 2 aromatic heterocycles. The quantitative estimate of drug-likeness (QED) is 0.699. The summed E-state index contributed by atoms with van der Waals surface area (Å²) >= 11 is 0. The van der Waals surface area contributed by atoms with Crippen molar-refractivity contribution < 1.29 is 22.5 Å². The van der Waals surface area contributed by atoms with Crippen LogP contribution in [0, 0.1) is 12.8 Å². The lowest BCUT2D eigenvalue weighted by Crippen LogP contribution is -2.15. The van der Waals surface area contributed by atoms with E-state index in [1.54, 1.807) is 38.2 Å². The standard InChI is InChI=1S/C16H14F3N3O2/c1-8(2)14(23)22-7-9(3)11-5-4-10(6-12(11)22)13-20-15(24-21-13)16(17,18)19/h4-8H,1-3H3. The molecular formula is C16H14F3N3O2. The minimum atomic E-state index is -4.69. The van der Waals surface area contributed by atoms with E-state index in [1.165, 1.54) is 4.57 Å². The number of rotatable bonds is 2. The fourth-order valence-corrected chi connectivity index (χ4v) is 2.45. The number of aryl methyl sites for hydroxylation is 1. The third-order valence-corrected chi connectivity index (χ3v) is 3.66. The Morgan fingerprint density at radius 1 is 1.29 bits per heavy atom. The molecule has 0 saturated carbocycles. The van der Waals surface area contributed by atoms with E-state index in [1.807, 2.05) is 6.92 Å². The van der Waals surface area contributed by atoms with Crippen molar-refractivity contribution in [3.8, 4) is 11.4 Å². The monoisotopic (exact) mass is 337 g/mol. The Labute approximate surface area is 135 Å². The molecule has 2 heterocycles. The van der Waals surface area contributed by atoms with E-state index in [4.69, 9.17) is 0 Å². The van der Waals surface area contributed by atoms with Crippen molar-refractivity contribution in [2.45, 2.75) is 26.9 Å². The highest BCUT2D eigenvalue weighted by molar-refractivity contribution is 5.96. The number of halogens is 3. The zero-order chi connectivity index (χ0) is 17.6. The topological polar surface area (TPSA) is 60.9 Å². The van der Waals surface area contributed by atoms with Crippen molar-refractivity contribution in [3.05, 3.63) is 35.9 Å². The molecule has 5 nitrogen and oxygen atoms in total. The van der Waals surface area contributed by atoms with Crippen LogP contribution in [0.15, 0.2) is 28.9 Å². The van der Waals surface area contributed by atoms with E-state index in [-0.39, 0.29) is 17.6 Å². The Kier molecular flexibility index (Phi) is 3.70. The van der Waals surface area contributed by atoms with Crippen LogP contribution in [-0.2, 0) is 6.18 Å². The Hall–Kier alpha value is -2.64. The van der Waals surface area contributed by atoms with Crippen molar-refractivity contribution in [1.29, 1.82) is 0 Å². The lowest BCUT2D eigenvalue weighted by molar-refractivity contribution is -0.159. The average Bonchev–Trinajstić information content (AvgIpc) is 3.11. The third kappa shape index (κ3) is 2.68. The third-order valence-electron chi connectivity index (χ3n) is 3.66. The van der Waals surface area contributed by atoms with Gasteiger partial charge in [0, 0.05) is 23.1 Å². The first kappa shape index (κ1) is 16.2. The van der Waals surface area contributed by atoms with Gasteiger partial charge in [-0.25, -0.2) is 0 Å². The number of hydrogen-bond acceptors (Lipinski definition) is 4. The molecule has 8 heteroatoms. The second-order valence-corrected chi connectivity index (χ2v) is 5.83. The molecule has 0 bridgehead atoms. The van der Waals surface area contributed by atoms with Gasteiger partial charge in [0.25, 0.3) is 0 Å². The molecule has 1 aromatic carbocycles. The van der Waals surface area contributed by atoms with Gasteiger partial charge in [0.05, 0.1) is 5.52 Å². The largest absolute Gasteiger partial charge is 0.471 e. The fraction of sp³-hybridized carbons (Fsp3) is 0.312. The minimum Gasteiger partial charge on any atom is -0.329 e. The highest BCUT2D eigenvalue weighted by Crippen LogP contribution is 2.31. The number of nitrogens with zero attached hydrogens (tertiary/aromatic N) is 3. The van der Waals surface area contributed by atoms with Crippen LogP contribution in [0.4, 0.5) is 13.2 Å². The molecule has 0 radical (unpaired) electrons. The van der Waals surface area contributed by atoms with Crippen LogP contribution in [0.3, 0.4) is 0 Å². The van der Waals surface area contributed by atoms with Crippen molar-refractivity contribution in [1.82, 2.24) is 14.7 Å². The van der Waals surface area contributed by atoms with Gasteiger partial charge < -0.3 is 4.52 Å². The molecule has 3 aromatic rings. The van der Waals surface area contributed by atoms with Gasteiger partial charge >= 0.3 is 12.1 Å². The van der Waals surface area contributed by atoms with Crippen LogP contribution in [0.2, 0.25) is 0 Å². The molecule has 0 spiro atoms. The Bertz CT molecular complexity index is 922. The van der Waals surface area contributed by atoms with E-state index in [2.05, 4.69) is 14.7 Å². The number of carbonyl (C=O) groups is 1. The van der Waals surface area contributed by atoms with Crippen LogP contribution in [0.25, 0.3) is 22.3 Å². The lowest BCUT2D eigenvalue weighted by Gasteiger charge is -2.07. The summed E-state index contributed by atoms with van der Waals surface area (Å²) in [5.41, 5.74) is 1.84. The normalized spacial score (nSPS) is 12.3. The number of carbonyl (C=O) groups excluding carboxylic acids is 1. The molecule has 0 atom stereocenters. The van der Waals surface area contributed by atoms with Crippen LogP contribution in [0.5, 0.6) is 0 Å². The molecular weight excluding hydrogens is 323 g/mol. The molecule has 0 fully saturated rings. The summed E-state index contributed by atoms with van der Waals surface area (Å²) in [6, 6.07) is 4.92. The van der Waals surface area contributed by atoms with Gasteiger partial charge in [-0.05, 0) is 18.6 Å². The van der Waals surface area contributed by atoms with E-state index in [0.29, 0.717) is 11.1 Å². The van der Waals surface area contributed by atoms with Gasteiger partial charge in [-0.1, -0.05) is 31.1 Å². The van der Waals surface area contributed by atoms with Gasteiger partial charge in [0.2, 0.25) is 11.7 Å². The zero-order valence-electron chi connectivity index (χ0n) is 13.2. The predicted octanol–water partition coefficient (Wildman–Crippen LogP) is 4.31. The second-order valence-electron chi connectivity index (χ2n) is 5.83. The molecule has 0 aliphatic heterocycles. The van der Waals surface area contributed by atoms with E-state index >= 15 is 0 Å². The van der Waals surface area contributed by atoms with Gasteiger partial charge in [0.15, 0.2) is 0 Å². The summed E-state index contributed by atoms with van der Waals surface area (Å²) in [6.07, 6.45) is -2.98. The molecule has 0 amide bonds. The SMILES string of the molecule is Cc1cn(C(=O)C(C)C)c2cc(-c3noc(C(F)(F)F)n3)ccc12. The number of hydrogen-bond donors (Lipinski definition) is 0. The van der Waals surface area contributed by atoms with Crippen molar-refractivity contribution in [2.24, 2.45) is 5.92 Å². The number of alkyl halides is 3. The lowest BCUT2D eigenvalue weighted by atomic mass is 10.1. The molecule has 0 unspecified atom stereocenters. The second kappa shape index (κ2) is 5.47. The Morgan fingerprint density at radius 3 is 2.58 bits per heavy atom.